The lowest BCUT2D eigenvalue weighted by molar-refractivity contribution is 0.627. The Balaban J connectivity index is 2.29. The highest BCUT2D eigenvalue weighted by Crippen LogP contribution is 2.36. The first-order valence-electron chi connectivity index (χ1n) is 5.92. The molecule has 1 heterocycles. The van der Waals surface area contributed by atoms with E-state index < -0.39 is 0 Å². The van der Waals surface area contributed by atoms with Gasteiger partial charge in [0, 0.05) is 25.8 Å². The molecule has 1 atom stereocenters. The van der Waals surface area contributed by atoms with Crippen molar-refractivity contribution in [2.75, 3.05) is 0 Å². The lowest BCUT2D eigenvalue weighted by Crippen LogP contribution is -2.07. The SMILES string of the molecule is CCCC(N)c1ccc(-c2ccc(F)cc2Br)s1. The number of benzene rings is 1. The van der Waals surface area contributed by atoms with E-state index in [-0.39, 0.29) is 11.9 Å². The smallest absolute Gasteiger partial charge is 0.124 e. The Morgan fingerprint density at radius 2 is 2.11 bits per heavy atom. The van der Waals surface area contributed by atoms with Crippen LogP contribution in [-0.4, -0.2) is 0 Å². The Morgan fingerprint density at radius 3 is 2.78 bits per heavy atom. The lowest BCUT2D eigenvalue weighted by atomic mass is 10.1. The summed E-state index contributed by atoms with van der Waals surface area (Å²) in [5, 5.41) is 0. The molecule has 4 heteroatoms. The Hall–Kier alpha value is -0.710. The average molecular weight is 328 g/mol. The third kappa shape index (κ3) is 2.99. The normalized spacial score (nSPS) is 12.7. The first-order chi connectivity index (χ1) is 8.61. The van der Waals surface area contributed by atoms with Gasteiger partial charge in [-0.15, -0.1) is 11.3 Å². The third-order valence-corrected chi connectivity index (χ3v) is 4.70. The highest BCUT2D eigenvalue weighted by Gasteiger charge is 2.11. The van der Waals surface area contributed by atoms with Crippen molar-refractivity contribution in [3.8, 4) is 10.4 Å². The molecule has 96 valence electrons. The molecule has 0 aliphatic rings. The van der Waals surface area contributed by atoms with E-state index in [9.17, 15) is 4.39 Å². The summed E-state index contributed by atoms with van der Waals surface area (Å²) in [6.45, 7) is 2.13. The first-order valence-corrected chi connectivity index (χ1v) is 7.53. The summed E-state index contributed by atoms with van der Waals surface area (Å²) in [7, 11) is 0. The molecule has 2 rings (SSSR count). The van der Waals surface area contributed by atoms with Gasteiger partial charge in [0.15, 0.2) is 0 Å². The van der Waals surface area contributed by atoms with Crippen LogP contribution in [0.3, 0.4) is 0 Å². The minimum atomic E-state index is -0.231. The van der Waals surface area contributed by atoms with Crippen LogP contribution in [0.5, 0.6) is 0 Å². The van der Waals surface area contributed by atoms with E-state index in [2.05, 4.69) is 28.9 Å². The van der Waals surface area contributed by atoms with Crippen LogP contribution in [0.4, 0.5) is 4.39 Å². The Labute approximate surface area is 119 Å². The third-order valence-electron chi connectivity index (χ3n) is 2.79. The summed E-state index contributed by atoms with van der Waals surface area (Å²) in [5.41, 5.74) is 7.11. The molecule has 0 aliphatic carbocycles. The lowest BCUT2D eigenvalue weighted by Gasteiger charge is -2.06. The van der Waals surface area contributed by atoms with E-state index >= 15 is 0 Å². The van der Waals surface area contributed by atoms with Crippen LogP contribution in [0.15, 0.2) is 34.8 Å². The largest absolute Gasteiger partial charge is 0.323 e. The van der Waals surface area contributed by atoms with Crippen LogP contribution in [-0.2, 0) is 0 Å². The molecule has 1 unspecified atom stereocenters. The zero-order chi connectivity index (χ0) is 13.1. The zero-order valence-corrected chi connectivity index (χ0v) is 12.5. The van der Waals surface area contributed by atoms with Gasteiger partial charge in [0.2, 0.25) is 0 Å². The molecule has 0 spiro atoms. The minimum absolute atomic E-state index is 0.105. The van der Waals surface area contributed by atoms with Gasteiger partial charge in [0.05, 0.1) is 0 Å². The maximum absolute atomic E-state index is 13.1. The predicted molar refractivity (Wildman–Crippen MR) is 79.2 cm³/mol. The fraction of sp³-hybridized carbons (Fsp3) is 0.286. The van der Waals surface area contributed by atoms with Crippen molar-refractivity contribution in [1.82, 2.24) is 0 Å². The number of halogens is 2. The number of hydrogen-bond donors (Lipinski definition) is 1. The highest BCUT2D eigenvalue weighted by atomic mass is 79.9. The molecule has 0 saturated heterocycles. The Kier molecular flexibility index (Phi) is 4.54. The van der Waals surface area contributed by atoms with Crippen molar-refractivity contribution in [1.29, 1.82) is 0 Å². The maximum atomic E-state index is 13.1. The number of hydrogen-bond acceptors (Lipinski definition) is 2. The van der Waals surface area contributed by atoms with Crippen molar-refractivity contribution < 1.29 is 4.39 Å². The molecule has 2 N–H and O–H groups in total. The molecule has 0 saturated carbocycles. The maximum Gasteiger partial charge on any atom is 0.124 e. The zero-order valence-electron chi connectivity index (χ0n) is 10.1. The summed E-state index contributed by atoms with van der Waals surface area (Å²) >= 11 is 5.07. The number of nitrogens with two attached hydrogens (primary N) is 1. The molecule has 0 radical (unpaired) electrons. The van der Waals surface area contributed by atoms with Gasteiger partial charge >= 0.3 is 0 Å². The predicted octanol–water partition coefficient (Wildman–Crippen LogP) is 5.12. The van der Waals surface area contributed by atoms with Gasteiger partial charge in [-0.2, -0.15) is 0 Å². The van der Waals surface area contributed by atoms with Gasteiger partial charge in [-0.05, 0) is 36.8 Å². The van der Waals surface area contributed by atoms with E-state index in [1.165, 1.54) is 17.0 Å². The van der Waals surface area contributed by atoms with E-state index in [1.54, 1.807) is 17.4 Å². The van der Waals surface area contributed by atoms with Crippen LogP contribution in [0.1, 0.15) is 30.7 Å². The van der Waals surface area contributed by atoms with Crippen LogP contribution < -0.4 is 5.73 Å². The summed E-state index contributed by atoms with van der Waals surface area (Å²) in [5.74, 6) is -0.231. The van der Waals surface area contributed by atoms with Crippen molar-refractivity contribution in [3.05, 3.63) is 45.5 Å². The fourth-order valence-electron chi connectivity index (χ4n) is 1.84. The molecule has 1 aromatic carbocycles. The van der Waals surface area contributed by atoms with Crippen molar-refractivity contribution in [3.63, 3.8) is 0 Å². The molecular formula is C14H15BrFNS. The molecule has 0 bridgehead atoms. The molecule has 18 heavy (non-hydrogen) atoms. The second-order valence-electron chi connectivity index (χ2n) is 4.22. The van der Waals surface area contributed by atoms with E-state index in [0.717, 1.165) is 27.8 Å². The molecule has 0 aliphatic heterocycles. The molecule has 1 nitrogen and oxygen atoms in total. The number of rotatable bonds is 4. The topological polar surface area (TPSA) is 26.0 Å². The Bertz CT molecular complexity index is 538. The monoisotopic (exact) mass is 327 g/mol. The van der Waals surface area contributed by atoms with E-state index in [0.29, 0.717) is 0 Å². The van der Waals surface area contributed by atoms with Crippen LogP contribution in [0.25, 0.3) is 10.4 Å². The van der Waals surface area contributed by atoms with Gasteiger partial charge in [0.25, 0.3) is 0 Å². The summed E-state index contributed by atoms with van der Waals surface area (Å²) in [6.07, 6.45) is 2.07. The summed E-state index contributed by atoms with van der Waals surface area (Å²) < 4.78 is 13.8. The van der Waals surface area contributed by atoms with Crippen LogP contribution in [0, 0.1) is 5.82 Å². The molecule has 0 fully saturated rings. The van der Waals surface area contributed by atoms with Gasteiger partial charge in [-0.1, -0.05) is 29.3 Å². The average Bonchev–Trinajstić information content (AvgIpc) is 2.78. The molecule has 1 aromatic heterocycles. The van der Waals surface area contributed by atoms with Gasteiger partial charge in [-0.3, -0.25) is 0 Å². The summed E-state index contributed by atoms with van der Waals surface area (Å²) in [4.78, 5) is 2.30. The van der Waals surface area contributed by atoms with E-state index in [1.807, 2.05) is 6.07 Å². The van der Waals surface area contributed by atoms with Gasteiger partial charge in [-0.25, -0.2) is 4.39 Å². The standard InChI is InChI=1S/C14H15BrFNS/c1-2-3-12(17)14-7-6-13(18-14)10-5-4-9(16)8-11(10)15/h4-8,12H,2-3,17H2,1H3. The van der Waals surface area contributed by atoms with Gasteiger partial charge < -0.3 is 5.73 Å². The van der Waals surface area contributed by atoms with Gasteiger partial charge in [0.1, 0.15) is 5.82 Å². The highest BCUT2D eigenvalue weighted by molar-refractivity contribution is 9.10. The van der Waals surface area contributed by atoms with Crippen LogP contribution >= 0.6 is 27.3 Å². The fourth-order valence-corrected chi connectivity index (χ4v) is 3.62. The molecular weight excluding hydrogens is 313 g/mol. The quantitative estimate of drug-likeness (QED) is 0.828. The second kappa shape index (κ2) is 5.95. The Morgan fingerprint density at radius 1 is 1.33 bits per heavy atom. The summed E-state index contributed by atoms with van der Waals surface area (Å²) in [6, 6.07) is 8.98. The molecule has 2 aromatic rings. The first kappa shape index (κ1) is 13.7. The van der Waals surface area contributed by atoms with Crippen molar-refractivity contribution in [2.24, 2.45) is 5.73 Å². The van der Waals surface area contributed by atoms with E-state index in [4.69, 9.17) is 5.73 Å². The van der Waals surface area contributed by atoms with Crippen molar-refractivity contribution >= 4 is 27.3 Å². The second-order valence-corrected chi connectivity index (χ2v) is 6.19. The van der Waals surface area contributed by atoms with Crippen molar-refractivity contribution in [2.45, 2.75) is 25.8 Å². The van der Waals surface area contributed by atoms with Crippen LogP contribution in [0.2, 0.25) is 0 Å². The number of thiophene rings is 1. The molecule has 0 amide bonds. The minimum Gasteiger partial charge on any atom is -0.323 e.